The van der Waals surface area contributed by atoms with Crippen LogP contribution in [0.3, 0.4) is 0 Å². The van der Waals surface area contributed by atoms with Crippen LogP contribution in [-0.4, -0.2) is 24.4 Å². The molecular formula is C21H44O2. The Morgan fingerprint density at radius 2 is 1.04 bits per heavy atom. The van der Waals surface area contributed by atoms with Gasteiger partial charge in [0.1, 0.15) is 0 Å². The Hall–Kier alpha value is -0.0800. The molecule has 0 spiro atoms. The molecule has 23 heavy (non-hydrogen) atoms. The molecule has 0 saturated carbocycles. The van der Waals surface area contributed by atoms with Crippen molar-refractivity contribution in [2.24, 2.45) is 0 Å². The summed E-state index contributed by atoms with van der Waals surface area (Å²) in [7, 11) is 0. The van der Waals surface area contributed by atoms with Crippen molar-refractivity contribution in [3.8, 4) is 0 Å². The van der Waals surface area contributed by atoms with Crippen molar-refractivity contribution >= 4 is 0 Å². The Kier molecular flexibility index (Phi) is 19.9. The van der Waals surface area contributed by atoms with Crippen molar-refractivity contribution in [2.45, 2.75) is 123 Å². The molecule has 1 atom stereocenters. The van der Waals surface area contributed by atoms with Gasteiger partial charge >= 0.3 is 0 Å². The smallest absolute Gasteiger partial charge is 0.0805 e. The lowest BCUT2D eigenvalue weighted by molar-refractivity contribution is 0.00497. The summed E-state index contributed by atoms with van der Waals surface area (Å²) in [6, 6.07) is 0. The van der Waals surface area contributed by atoms with E-state index in [0.29, 0.717) is 0 Å². The minimum absolute atomic E-state index is 0.0789. The van der Waals surface area contributed by atoms with E-state index >= 15 is 0 Å². The molecule has 0 saturated heterocycles. The van der Waals surface area contributed by atoms with Gasteiger partial charge in [-0.2, -0.15) is 0 Å². The average Bonchev–Trinajstić information content (AvgIpc) is 2.57. The fourth-order valence-electron chi connectivity index (χ4n) is 3.04. The van der Waals surface area contributed by atoms with Gasteiger partial charge < -0.3 is 9.84 Å². The van der Waals surface area contributed by atoms with E-state index in [2.05, 4.69) is 13.8 Å². The Balaban J connectivity index is 3.28. The van der Waals surface area contributed by atoms with Crippen LogP contribution in [0.15, 0.2) is 0 Å². The van der Waals surface area contributed by atoms with Crippen LogP contribution in [0.25, 0.3) is 0 Å². The summed E-state index contributed by atoms with van der Waals surface area (Å²) >= 11 is 0. The standard InChI is InChI=1S/C21H44O2/c1-3-5-7-9-11-13-15-17-19-23-21(20-22)18-16-14-12-10-8-6-4-2/h21-22H,3-20H2,1-2H3. The molecule has 0 aliphatic rings. The van der Waals surface area contributed by atoms with Gasteiger partial charge in [-0.3, -0.25) is 0 Å². The van der Waals surface area contributed by atoms with Crippen LogP contribution in [-0.2, 0) is 4.74 Å². The fourth-order valence-corrected chi connectivity index (χ4v) is 3.04. The highest BCUT2D eigenvalue weighted by Gasteiger charge is 2.07. The molecule has 0 fully saturated rings. The van der Waals surface area contributed by atoms with Gasteiger partial charge in [0.2, 0.25) is 0 Å². The molecule has 2 nitrogen and oxygen atoms in total. The number of aliphatic hydroxyl groups excluding tert-OH is 1. The van der Waals surface area contributed by atoms with Gasteiger partial charge in [0.15, 0.2) is 0 Å². The highest BCUT2D eigenvalue weighted by molar-refractivity contribution is 4.57. The molecule has 140 valence electrons. The van der Waals surface area contributed by atoms with E-state index < -0.39 is 0 Å². The lowest BCUT2D eigenvalue weighted by atomic mass is 10.1. The summed E-state index contributed by atoms with van der Waals surface area (Å²) < 4.78 is 5.83. The second-order valence-corrected chi connectivity index (χ2v) is 7.06. The molecule has 0 radical (unpaired) electrons. The van der Waals surface area contributed by atoms with E-state index in [1.807, 2.05) is 0 Å². The predicted octanol–water partition coefficient (Wildman–Crippen LogP) is 6.65. The minimum Gasteiger partial charge on any atom is -0.394 e. The van der Waals surface area contributed by atoms with Gasteiger partial charge in [-0.15, -0.1) is 0 Å². The van der Waals surface area contributed by atoms with Gasteiger partial charge in [-0.05, 0) is 12.8 Å². The summed E-state index contributed by atoms with van der Waals surface area (Å²) in [6.07, 6.45) is 21.1. The van der Waals surface area contributed by atoms with Gasteiger partial charge in [-0.1, -0.05) is 104 Å². The second kappa shape index (κ2) is 20.0. The van der Waals surface area contributed by atoms with Gasteiger partial charge in [0.25, 0.3) is 0 Å². The van der Waals surface area contributed by atoms with Crippen molar-refractivity contribution in [3.63, 3.8) is 0 Å². The molecule has 1 unspecified atom stereocenters. The Morgan fingerprint density at radius 1 is 0.609 bits per heavy atom. The van der Waals surface area contributed by atoms with Crippen molar-refractivity contribution in [3.05, 3.63) is 0 Å². The van der Waals surface area contributed by atoms with Gasteiger partial charge in [-0.25, -0.2) is 0 Å². The minimum atomic E-state index is 0.0789. The van der Waals surface area contributed by atoms with E-state index in [9.17, 15) is 5.11 Å². The zero-order valence-corrected chi connectivity index (χ0v) is 16.2. The first-order valence-corrected chi connectivity index (χ1v) is 10.6. The molecule has 0 amide bonds. The van der Waals surface area contributed by atoms with Crippen LogP contribution in [0, 0.1) is 0 Å². The van der Waals surface area contributed by atoms with Crippen LogP contribution in [0.2, 0.25) is 0 Å². The highest BCUT2D eigenvalue weighted by atomic mass is 16.5. The molecule has 0 aromatic heterocycles. The summed E-state index contributed by atoms with van der Waals surface area (Å²) in [5, 5.41) is 9.40. The van der Waals surface area contributed by atoms with Crippen molar-refractivity contribution in [1.29, 1.82) is 0 Å². The first-order valence-electron chi connectivity index (χ1n) is 10.6. The quantitative estimate of drug-likeness (QED) is 0.269. The fraction of sp³-hybridized carbons (Fsp3) is 1.00. The largest absolute Gasteiger partial charge is 0.394 e. The van der Waals surface area contributed by atoms with Crippen LogP contribution in [0.1, 0.15) is 117 Å². The zero-order chi connectivity index (χ0) is 17.0. The predicted molar refractivity (Wildman–Crippen MR) is 102 cm³/mol. The number of hydrogen-bond acceptors (Lipinski definition) is 2. The van der Waals surface area contributed by atoms with E-state index in [1.165, 1.54) is 89.9 Å². The number of ether oxygens (including phenoxy) is 1. The monoisotopic (exact) mass is 328 g/mol. The molecular weight excluding hydrogens is 284 g/mol. The lowest BCUT2D eigenvalue weighted by Gasteiger charge is -2.15. The number of aliphatic hydroxyl groups is 1. The molecule has 0 aromatic carbocycles. The maximum atomic E-state index is 9.40. The SMILES string of the molecule is CCCCCCCCCCOC(CO)CCCCCCCCC. The average molecular weight is 329 g/mol. The Morgan fingerprint density at radius 3 is 1.52 bits per heavy atom. The van der Waals surface area contributed by atoms with Gasteiger partial charge in [0.05, 0.1) is 12.7 Å². The first-order chi connectivity index (χ1) is 11.3. The van der Waals surface area contributed by atoms with E-state index in [1.54, 1.807) is 0 Å². The number of hydrogen-bond donors (Lipinski definition) is 1. The van der Waals surface area contributed by atoms with Crippen LogP contribution in [0.5, 0.6) is 0 Å². The van der Waals surface area contributed by atoms with E-state index in [4.69, 9.17) is 4.74 Å². The summed E-state index contributed by atoms with van der Waals surface area (Å²) in [5.74, 6) is 0. The molecule has 0 aromatic rings. The van der Waals surface area contributed by atoms with Crippen molar-refractivity contribution in [2.75, 3.05) is 13.2 Å². The topological polar surface area (TPSA) is 29.5 Å². The normalized spacial score (nSPS) is 12.7. The highest BCUT2D eigenvalue weighted by Crippen LogP contribution is 2.12. The Labute approximate surface area is 146 Å². The third kappa shape index (κ3) is 18.1. The van der Waals surface area contributed by atoms with E-state index in [0.717, 1.165) is 19.4 Å². The molecule has 2 heteroatoms. The van der Waals surface area contributed by atoms with Crippen LogP contribution >= 0.6 is 0 Å². The lowest BCUT2D eigenvalue weighted by Crippen LogP contribution is -2.18. The molecule has 0 aliphatic heterocycles. The summed E-state index contributed by atoms with van der Waals surface area (Å²) in [4.78, 5) is 0. The maximum absolute atomic E-state index is 9.40. The molecule has 0 rings (SSSR count). The number of rotatable bonds is 19. The van der Waals surface area contributed by atoms with Crippen molar-refractivity contribution < 1.29 is 9.84 Å². The van der Waals surface area contributed by atoms with Crippen LogP contribution < -0.4 is 0 Å². The third-order valence-electron chi connectivity index (χ3n) is 4.68. The maximum Gasteiger partial charge on any atom is 0.0805 e. The second-order valence-electron chi connectivity index (χ2n) is 7.06. The van der Waals surface area contributed by atoms with Gasteiger partial charge in [0, 0.05) is 6.61 Å². The molecule has 0 heterocycles. The number of unbranched alkanes of at least 4 members (excludes halogenated alkanes) is 13. The van der Waals surface area contributed by atoms with Crippen molar-refractivity contribution in [1.82, 2.24) is 0 Å². The summed E-state index contributed by atoms with van der Waals surface area (Å²) in [5.41, 5.74) is 0. The molecule has 0 aliphatic carbocycles. The first kappa shape index (κ1) is 22.9. The summed E-state index contributed by atoms with van der Waals surface area (Å²) in [6.45, 7) is 5.54. The third-order valence-corrected chi connectivity index (χ3v) is 4.68. The van der Waals surface area contributed by atoms with Crippen LogP contribution in [0.4, 0.5) is 0 Å². The molecule has 1 N–H and O–H groups in total. The van der Waals surface area contributed by atoms with E-state index in [-0.39, 0.29) is 12.7 Å². The zero-order valence-electron chi connectivity index (χ0n) is 16.2. The Bertz CT molecular complexity index is 206. The molecule has 0 bridgehead atoms.